The summed E-state index contributed by atoms with van der Waals surface area (Å²) in [5.74, 6) is -2.40. The minimum absolute atomic E-state index is 0.0236. The minimum atomic E-state index is -4.90. The highest BCUT2D eigenvalue weighted by Crippen LogP contribution is 2.29. The first-order chi connectivity index (χ1) is 13.9. The number of piperidine rings is 1. The van der Waals surface area contributed by atoms with Crippen molar-refractivity contribution in [1.29, 1.82) is 0 Å². The van der Waals surface area contributed by atoms with E-state index in [1.54, 1.807) is 0 Å². The second-order valence-corrected chi connectivity index (χ2v) is 6.71. The highest BCUT2D eigenvalue weighted by molar-refractivity contribution is 5.94. The number of benzene rings is 1. The Morgan fingerprint density at radius 1 is 1.13 bits per heavy atom. The Morgan fingerprint density at radius 3 is 2.30 bits per heavy atom. The molecular formula is C17H16F6N4O3. The third-order valence-electron chi connectivity index (χ3n) is 4.67. The van der Waals surface area contributed by atoms with E-state index in [4.69, 9.17) is 0 Å². The van der Waals surface area contributed by atoms with Crippen LogP contribution in [0.15, 0.2) is 29.1 Å². The fourth-order valence-electron chi connectivity index (χ4n) is 3.26. The van der Waals surface area contributed by atoms with Crippen molar-refractivity contribution in [3.8, 4) is 5.75 Å². The predicted molar refractivity (Wildman–Crippen MR) is 89.8 cm³/mol. The molecule has 13 heteroatoms. The summed E-state index contributed by atoms with van der Waals surface area (Å²) in [7, 11) is 0.976. The van der Waals surface area contributed by atoms with Crippen molar-refractivity contribution < 1.29 is 35.9 Å². The third-order valence-corrected chi connectivity index (χ3v) is 4.67. The molecular weight excluding hydrogens is 422 g/mol. The van der Waals surface area contributed by atoms with E-state index in [1.807, 2.05) is 0 Å². The first-order valence-electron chi connectivity index (χ1n) is 8.74. The molecule has 0 unspecified atom stereocenters. The van der Waals surface area contributed by atoms with Gasteiger partial charge in [0.2, 0.25) is 5.82 Å². The Morgan fingerprint density at radius 2 is 1.77 bits per heavy atom. The smallest absolute Gasteiger partial charge is 0.406 e. The maximum absolute atomic E-state index is 12.9. The summed E-state index contributed by atoms with van der Waals surface area (Å²) < 4.78 is 80.8. The molecule has 0 atom stereocenters. The number of carbonyl (C=O) groups excluding carboxylic acids is 1. The van der Waals surface area contributed by atoms with Crippen molar-refractivity contribution in [3.63, 3.8) is 0 Å². The summed E-state index contributed by atoms with van der Waals surface area (Å²) in [5.41, 5.74) is -0.936. The Kier molecular flexibility index (Phi) is 5.56. The minimum Gasteiger partial charge on any atom is -0.406 e. The van der Waals surface area contributed by atoms with Gasteiger partial charge in [-0.2, -0.15) is 13.2 Å². The number of likely N-dealkylation sites (tertiary alicyclic amines) is 1. The molecule has 0 N–H and O–H groups in total. The molecule has 1 aromatic carbocycles. The van der Waals surface area contributed by atoms with Gasteiger partial charge < -0.3 is 9.64 Å². The predicted octanol–water partition coefficient (Wildman–Crippen LogP) is 2.98. The number of hydrogen-bond acceptors (Lipinski definition) is 4. The average Bonchev–Trinajstić information content (AvgIpc) is 2.95. The van der Waals surface area contributed by atoms with E-state index in [0.717, 1.165) is 23.9 Å². The van der Waals surface area contributed by atoms with Crippen molar-refractivity contribution in [2.75, 3.05) is 13.1 Å². The van der Waals surface area contributed by atoms with Crippen molar-refractivity contribution in [3.05, 3.63) is 46.1 Å². The van der Waals surface area contributed by atoms with Gasteiger partial charge in [-0.3, -0.25) is 9.36 Å². The lowest BCUT2D eigenvalue weighted by atomic mass is 10.0. The summed E-state index contributed by atoms with van der Waals surface area (Å²) >= 11 is 0. The van der Waals surface area contributed by atoms with Crippen LogP contribution in [0.25, 0.3) is 0 Å². The zero-order chi connectivity index (χ0) is 22.3. The quantitative estimate of drug-likeness (QED) is 0.692. The molecule has 2 heterocycles. The summed E-state index contributed by atoms with van der Waals surface area (Å²) in [4.78, 5) is 26.0. The van der Waals surface area contributed by atoms with E-state index >= 15 is 0 Å². The van der Waals surface area contributed by atoms with Gasteiger partial charge in [0.15, 0.2) is 0 Å². The monoisotopic (exact) mass is 438 g/mol. The van der Waals surface area contributed by atoms with Crippen LogP contribution in [0.5, 0.6) is 5.75 Å². The zero-order valence-electron chi connectivity index (χ0n) is 15.5. The van der Waals surface area contributed by atoms with Crippen LogP contribution in [0.1, 0.15) is 35.1 Å². The first kappa shape index (κ1) is 21.7. The Bertz CT molecular complexity index is 987. The van der Waals surface area contributed by atoms with Gasteiger partial charge in [0.1, 0.15) is 5.75 Å². The molecule has 164 valence electrons. The van der Waals surface area contributed by atoms with Crippen LogP contribution in [0, 0.1) is 0 Å². The van der Waals surface area contributed by atoms with Gasteiger partial charge in [0, 0.05) is 25.7 Å². The summed E-state index contributed by atoms with van der Waals surface area (Å²) in [6.45, 7) is 0.191. The van der Waals surface area contributed by atoms with Crippen LogP contribution >= 0.6 is 0 Å². The molecule has 0 spiro atoms. The molecule has 0 aliphatic carbocycles. The molecule has 1 saturated heterocycles. The number of carbonyl (C=O) groups is 1. The maximum atomic E-state index is 12.9. The summed E-state index contributed by atoms with van der Waals surface area (Å²) in [6.07, 6.45) is -9.35. The van der Waals surface area contributed by atoms with Crippen molar-refractivity contribution in [2.45, 2.75) is 31.4 Å². The van der Waals surface area contributed by atoms with Crippen molar-refractivity contribution in [2.24, 2.45) is 7.05 Å². The molecule has 0 saturated carbocycles. The average molecular weight is 438 g/mol. The third kappa shape index (κ3) is 4.60. The molecule has 7 nitrogen and oxygen atoms in total. The van der Waals surface area contributed by atoms with Gasteiger partial charge in [-0.05, 0) is 31.0 Å². The van der Waals surface area contributed by atoms with Crippen LogP contribution in [-0.4, -0.2) is 44.6 Å². The standard InChI is InChI=1S/C17H16F6N4O3/c1-25-14(16(18,19)20)24-27(15(25)29)11-5-7-26(8-6-11)13(28)10-3-2-4-12(9-10)30-17(21,22)23/h2-4,9,11H,5-8H2,1H3. The molecule has 1 aliphatic rings. The van der Waals surface area contributed by atoms with Crippen molar-refractivity contribution >= 4 is 5.91 Å². The van der Waals surface area contributed by atoms with Crippen LogP contribution < -0.4 is 10.4 Å². The lowest BCUT2D eigenvalue weighted by Crippen LogP contribution is -2.41. The number of hydrogen-bond donors (Lipinski definition) is 0. The fraction of sp³-hybridized carbons (Fsp3) is 0.471. The van der Waals surface area contributed by atoms with E-state index in [0.29, 0.717) is 4.57 Å². The van der Waals surface area contributed by atoms with Gasteiger partial charge in [-0.25, -0.2) is 9.48 Å². The fourth-order valence-corrected chi connectivity index (χ4v) is 3.26. The molecule has 1 amide bonds. The lowest BCUT2D eigenvalue weighted by molar-refractivity contribution is -0.274. The van der Waals surface area contributed by atoms with E-state index in [1.165, 1.54) is 17.0 Å². The maximum Gasteiger partial charge on any atom is 0.573 e. The molecule has 30 heavy (non-hydrogen) atoms. The van der Waals surface area contributed by atoms with Crippen LogP contribution in [0.3, 0.4) is 0 Å². The zero-order valence-corrected chi connectivity index (χ0v) is 15.5. The first-order valence-corrected chi connectivity index (χ1v) is 8.74. The highest BCUT2D eigenvalue weighted by Gasteiger charge is 2.39. The molecule has 1 fully saturated rings. The SMILES string of the molecule is Cn1c(C(F)(F)F)nn(C2CCN(C(=O)c3cccc(OC(F)(F)F)c3)CC2)c1=O. The topological polar surface area (TPSA) is 69.4 Å². The normalized spacial score (nSPS) is 16.0. The summed E-state index contributed by atoms with van der Waals surface area (Å²) in [6, 6.07) is 3.95. The van der Waals surface area contributed by atoms with Gasteiger partial charge in [0.05, 0.1) is 6.04 Å². The molecule has 2 aromatic rings. The summed E-state index contributed by atoms with van der Waals surface area (Å²) in [5, 5.41) is 3.39. The van der Waals surface area contributed by atoms with E-state index < -0.39 is 41.8 Å². The largest absolute Gasteiger partial charge is 0.573 e. The number of aromatic nitrogens is 3. The number of amides is 1. The van der Waals surface area contributed by atoms with Crippen molar-refractivity contribution in [1.82, 2.24) is 19.2 Å². The second kappa shape index (κ2) is 7.69. The Hall–Kier alpha value is -2.99. The number of nitrogens with zero attached hydrogens (tertiary/aromatic N) is 4. The van der Waals surface area contributed by atoms with Crippen LogP contribution in [-0.2, 0) is 13.2 Å². The molecule has 1 aliphatic heterocycles. The molecule has 0 radical (unpaired) electrons. The molecule has 0 bridgehead atoms. The molecule has 3 rings (SSSR count). The highest BCUT2D eigenvalue weighted by atomic mass is 19.4. The Labute approximate surface area is 165 Å². The van der Waals surface area contributed by atoms with Gasteiger partial charge >= 0.3 is 18.2 Å². The van der Waals surface area contributed by atoms with E-state index in [2.05, 4.69) is 9.84 Å². The second-order valence-electron chi connectivity index (χ2n) is 6.71. The number of alkyl halides is 6. The van der Waals surface area contributed by atoms with Crippen LogP contribution in [0.2, 0.25) is 0 Å². The Balaban J connectivity index is 1.70. The van der Waals surface area contributed by atoms with Gasteiger partial charge in [-0.15, -0.1) is 18.3 Å². The van der Waals surface area contributed by atoms with Crippen LogP contribution in [0.4, 0.5) is 26.3 Å². The lowest BCUT2D eigenvalue weighted by Gasteiger charge is -2.31. The molecule has 1 aromatic heterocycles. The number of halogens is 6. The number of ether oxygens (including phenoxy) is 1. The van der Waals surface area contributed by atoms with Gasteiger partial charge in [0.25, 0.3) is 5.91 Å². The van der Waals surface area contributed by atoms with E-state index in [9.17, 15) is 35.9 Å². The van der Waals surface area contributed by atoms with E-state index in [-0.39, 0.29) is 31.5 Å². The van der Waals surface area contributed by atoms with Gasteiger partial charge in [-0.1, -0.05) is 6.07 Å². The number of rotatable bonds is 3.